The van der Waals surface area contributed by atoms with E-state index in [1.165, 1.54) is 4.31 Å². The van der Waals surface area contributed by atoms with E-state index in [1.54, 1.807) is 24.3 Å². The molecule has 0 bridgehead atoms. The monoisotopic (exact) mass is 431 g/mol. The minimum Gasteiger partial charge on any atom is -0.337 e. The zero-order valence-electron chi connectivity index (χ0n) is 16.1. The van der Waals surface area contributed by atoms with Crippen molar-refractivity contribution in [3.05, 3.63) is 65.0 Å². The lowest BCUT2D eigenvalue weighted by Crippen LogP contribution is -2.30. The van der Waals surface area contributed by atoms with Crippen molar-refractivity contribution in [2.24, 2.45) is 0 Å². The number of halogens is 1. The summed E-state index contributed by atoms with van der Waals surface area (Å²) in [7, 11) is -3.65. The van der Waals surface area contributed by atoms with Crippen molar-refractivity contribution in [3.63, 3.8) is 0 Å². The van der Waals surface area contributed by atoms with Crippen LogP contribution in [0.5, 0.6) is 0 Å². The van der Waals surface area contributed by atoms with Crippen LogP contribution in [0.1, 0.15) is 43.7 Å². The fourth-order valence-corrected chi connectivity index (χ4v) is 5.48. The summed E-state index contributed by atoms with van der Waals surface area (Å²) in [5.74, 6) is 0.708. The Morgan fingerprint density at radius 2 is 2.00 bits per heavy atom. The average Bonchev–Trinajstić information content (AvgIpc) is 3.38. The third-order valence-corrected chi connectivity index (χ3v) is 7.24. The first-order valence-corrected chi connectivity index (χ1v) is 11.5. The van der Waals surface area contributed by atoms with Gasteiger partial charge in [-0.3, -0.25) is 0 Å². The molecule has 152 valence electrons. The highest BCUT2D eigenvalue weighted by molar-refractivity contribution is 7.89. The van der Waals surface area contributed by atoms with Crippen LogP contribution >= 0.6 is 11.6 Å². The largest absolute Gasteiger partial charge is 0.337 e. The second-order valence-electron chi connectivity index (χ2n) is 7.13. The van der Waals surface area contributed by atoms with Crippen LogP contribution in [0.4, 0.5) is 0 Å². The molecule has 1 saturated heterocycles. The Hall–Kier alpha value is -2.22. The van der Waals surface area contributed by atoms with Gasteiger partial charge >= 0.3 is 0 Å². The Bertz CT molecular complexity index is 1100. The number of sulfonamides is 1. The minimum atomic E-state index is -3.65. The summed E-state index contributed by atoms with van der Waals surface area (Å²) in [6, 6.07) is 13.8. The molecule has 1 aromatic heterocycles. The zero-order chi connectivity index (χ0) is 20.4. The summed E-state index contributed by atoms with van der Waals surface area (Å²) in [4.78, 5) is 4.75. The number of hydrogen-bond acceptors (Lipinski definition) is 5. The number of benzene rings is 2. The molecule has 0 aliphatic carbocycles. The normalized spacial score (nSPS) is 17.7. The van der Waals surface area contributed by atoms with Gasteiger partial charge in [0.25, 0.3) is 0 Å². The highest BCUT2D eigenvalue weighted by atomic mass is 35.5. The topological polar surface area (TPSA) is 76.3 Å². The van der Waals surface area contributed by atoms with E-state index in [2.05, 4.69) is 17.1 Å². The van der Waals surface area contributed by atoms with Crippen molar-refractivity contribution >= 4 is 21.6 Å². The molecular formula is C21H22ClN3O3S. The summed E-state index contributed by atoms with van der Waals surface area (Å²) < 4.78 is 33.4. The van der Waals surface area contributed by atoms with Crippen molar-refractivity contribution in [2.75, 3.05) is 6.54 Å². The molecule has 0 N–H and O–H groups in total. The second-order valence-corrected chi connectivity index (χ2v) is 9.46. The molecule has 8 heteroatoms. The summed E-state index contributed by atoms with van der Waals surface area (Å²) in [5, 5.41) is 4.60. The Morgan fingerprint density at radius 1 is 1.21 bits per heavy atom. The van der Waals surface area contributed by atoms with Gasteiger partial charge in [-0.1, -0.05) is 54.4 Å². The summed E-state index contributed by atoms with van der Waals surface area (Å²) in [6.07, 6.45) is 3.34. The first kappa shape index (κ1) is 20.1. The van der Waals surface area contributed by atoms with Crippen LogP contribution < -0.4 is 0 Å². The van der Waals surface area contributed by atoms with E-state index in [9.17, 15) is 8.42 Å². The summed E-state index contributed by atoms with van der Waals surface area (Å²) >= 11 is 6.04. The van der Waals surface area contributed by atoms with Gasteiger partial charge in [0.05, 0.1) is 4.90 Å². The molecule has 0 spiro atoms. The highest BCUT2D eigenvalue weighted by Crippen LogP contribution is 2.36. The molecule has 3 aromatic rings. The molecule has 2 aromatic carbocycles. The number of aromatic nitrogens is 2. The van der Waals surface area contributed by atoms with E-state index in [4.69, 9.17) is 16.1 Å². The van der Waals surface area contributed by atoms with Crippen molar-refractivity contribution < 1.29 is 12.9 Å². The lowest BCUT2D eigenvalue weighted by Gasteiger charge is -2.21. The summed E-state index contributed by atoms with van der Waals surface area (Å²) in [5.41, 5.74) is 1.86. The fraction of sp³-hybridized carbons (Fsp3) is 0.333. The van der Waals surface area contributed by atoms with Crippen molar-refractivity contribution in [1.29, 1.82) is 0 Å². The molecule has 4 rings (SSSR count). The van der Waals surface area contributed by atoms with E-state index >= 15 is 0 Å². The quantitative estimate of drug-likeness (QED) is 0.556. The number of aryl methyl sites for hydroxylation is 1. The third-order valence-electron chi connectivity index (χ3n) is 5.08. The maximum Gasteiger partial charge on any atom is 0.245 e. The Labute approximate surface area is 175 Å². The first-order valence-electron chi connectivity index (χ1n) is 9.69. The predicted octanol–water partition coefficient (Wildman–Crippen LogP) is 4.87. The highest BCUT2D eigenvalue weighted by Gasteiger charge is 2.39. The molecule has 0 radical (unpaired) electrons. The second kappa shape index (κ2) is 8.26. The third kappa shape index (κ3) is 4.08. The van der Waals surface area contributed by atoms with E-state index in [-0.39, 0.29) is 0 Å². The van der Waals surface area contributed by atoms with Crippen molar-refractivity contribution in [2.45, 2.75) is 43.5 Å². The van der Waals surface area contributed by atoms with E-state index in [0.717, 1.165) is 30.4 Å². The molecule has 1 aliphatic heterocycles. The Kier molecular flexibility index (Phi) is 5.72. The molecule has 1 atom stereocenters. The van der Waals surface area contributed by atoms with Crippen LogP contribution in [0.3, 0.4) is 0 Å². The number of hydrogen-bond donors (Lipinski definition) is 0. The van der Waals surface area contributed by atoms with Crippen LogP contribution in [0.25, 0.3) is 11.4 Å². The molecule has 1 aliphatic rings. The molecule has 1 unspecified atom stereocenters. The fourth-order valence-electron chi connectivity index (χ4n) is 3.64. The number of nitrogens with zero attached hydrogens (tertiary/aromatic N) is 3. The maximum atomic E-state index is 13.2. The molecule has 0 amide bonds. The molecule has 29 heavy (non-hydrogen) atoms. The van der Waals surface area contributed by atoms with Gasteiger partial charge in [-0.15, -0.1) is 0 Å². The van der Waals surface area contributed by atoms with Gasteiger partial charge in [0.1, 0.15) is 6.04 Å². The van der Waals surface area contributed by atoms with Gasteiger partial charge in [-0.25, -0.2) is 8.42 Å². The van der Waals surface area contributed by atoms with Crippen LogP contribution in [-0.2, 0) is 16.4 Å². The minimum absolute atomic E-state index is 0.291. The lowest BCUT2D eigenvalue weighted by molar-refractivity contribution is 0.290. The predicted molar refractivity (Wildman–Crippen MR) is 111 cm³/mol. The van der Waals surface area contributed by atoms with Crippen molar-refractivity contribution in [3.8, 4) is 11.4 Å². The van der Waals surface area contributed by atoms with E-state index in [1.807, 2.05) is 24.3 Å². The Balaban J connectivity index is 1.60. The SMILES string of the molecule is CCCc1ccc(S(=O)(=O)N2CCCC2c2nc(-c3cccc(Cl)c3)no2)cc1. The Morgan fingerprint density at radius 3 is 2.72 bits per heavy atom. The summed E-state index contributed by atoms with van der Waals surface area (Å²) in [6.45, 7) is 2.53. The molecule has 0 saturated carbocycles. The van der Waals surface area contributed by atoms with Gasteiger partial charge in [-0.05, 0) is 49.1 Å². The van der Waals surface area contributed by atoms with Crippen LogP contribution in [-0.4, -0.2) is 29.4 Å². The average molecular weight is 432 g/mol. The number of rotatable bonds is 6. The smallest absolute Gasteiger partial charge is 0.245 e. The maximum absolute atomic E-state index is 13.2. The van der Waals surface area contributed by atoms with Crippen LogP contribution in [0.15, 0.2) is 57.9 Å². The van der Waals surface area contributed by atoms with Gasteiger partial charge < -0.3 is 4.52 Å². The van der Waals surface area contributed by atoms with Gasteiger partial charge in [0, 0.05) is 17.1 Å². The molecule has 2 heterocycles. The van der Waals surface area contributed by atoms with Gasteiger partial charge in [0.2, 0.25) is 21.7 Å². The molecular weight excluding hydrogens is 410 g/mol. The van der Waals surface area contributed by atoms with Crippen LogP contribution in [0, 0.1) is 0 Å². The molecule has 6 nitrogen and oxygen atoms in total. The van der Waals surface area contributed by atoms with E-state index in [0.29, 0.717) is 34.6 Å². The van der Waals surface area contributed by atoms with Gasteiger partial charge in [-0.2, -0.15) is 9.29 Å². The zero-order valence-corrected chi connectivity index (χ0v) is 17.7. The van der Waals surface area contributed by atoms with E-state index < -0.39 is 16.1 Å². The van der Waals surface area contributed by atoms with Crippen molar-refractivity contribution in [1.82, 2.24) is 14.4 Å². The van der Waals surface area contributed by atoms with Gasteiger partial charge in [0.15, 0.2) is 0 Å². The molecule has 1 fully saturated rings. The first-order chi connectivity index (χ1) is 14.0. The van der Waals surface area contributed by atoms with Crippen LogP contribution in [0.2, 0.25) is 5.02 Å². The standard InChI is InChI=1S/C21H22ClN3O3S/c1-2-5-15-9-11-18(12-10-15)29(26,27)25-13-4-8-19(25)21-23-20(24-28-21)16-6-3-7-17(22)14-16/h3,6-7,9-12,14,19H,2,4-5,8,13H2,1H3. The lowest BCUT2D eigenvalue weighted by atomic mass is 10.1.